The van der Waals surface area contributed by atoms with Crippen molar-refractivity contribution in [2.24, 2.45) is 4.99 Å². The number of aromatic nitrogens is 2. The molecule has 0 bridgehead atoms. The fourth-order valence-corrected chi connectivity index (χ4v) is 2.38. The molecule has 2 heterocycles. The molecular formula is C14H13ClN4O. The minimum atomic E-state index is 0.563. The molecule has 5 nitrogen and oxygen atoms in total. The molecule has 0 N–H and O–H groups in total. The molecule has 0 saturated carbocycles. The Morgan fingerprint density at radius 1 is 1.25 bits per heavy atom. The van der Waals surface area contributed by atoms with Crippen molar-refractivity contribution < 1.29 is 4.74 Å². The third-order valence-electron chi connectivity index (χ3n) is 3.04. The lowest BCUT2D eigenvalue weighted by molar-refractivity contribution is 0.415. The molecule has 0 saturated heterocycles. The first-order chi connectivity index (χ1) is 9.79. The van der Waals surface area contributed by atoms with Gasteiger partial charge < -0.3 is 4.74 Å². The van der Waals surface area contributed by atoms with Crippen LogP contribution in [-0.2, 0) is 0 Å². The maximum absolute atomic E-state index is 6.17. The average Bonchev–Trinajstić information content (AvgIpc) is 2.97. The molecule has 20 heavy (non-hydrogen) atoms. The van der Waals surface area contributed by atoms with Crippen molar-refractivity contribution in [2.75, 3.05) is 25.1 Å². The van der Waals surface area contributed by atoms with Gasteiger partial charge in [0.25, 0.3) is 0 Å². The number of amidine groups is 1. The van der Waals surface area contributed by atoms with Crippen molar-refractivity contribution in [2.45, 2.75) is 0 Å². The Morgan fingerprint density at radius 2 is 2.05 bits per heavy atom. The fourth-order valence-electron chi connectivity index (χ4n) is 2.13. The van der Waals surface area contributed by atoms with Gasteiger partial charge in [-0.25, -0.2) is 9.97 Å². The maximum atomic E-state index is 6.17. The Kier molecular flexibility index (Phi) is 3.52. The largest absolute Gasteiger partial charge is 0.495 e. The number of hydrogen-bond acceptors (Lipinski definition) is 5. The molecular weight excluding hydrogens is 276 g/mol. The lowest BCUT2D eigenvalue weighted by atomic mass is 10.2. The molecule has 1 aliphatic heterocycles. The maximum Gasteiger partial charge on any atom is 0.231 e. The summed E-state index contributed by atoms with van der Waals surface area (Å²) in [4.78, 5) is 15.0. The smallest absolute Gasteiger partial charge is 0.231 e. The zero-order valence-corrected chi connectivity index (χ0v) is 11.7. The predicted octanol–water partition coefficient (Wildman–Crippen LogP) is 2.41. The lowest BCUT2D eigenvalue weighted by Crippen LogP contribution is -2.29. The van der Waals surface area contributed by atoms with Crippen LogP contribution in [0.1, 0.15) is 5.56 Å². The van der Waals surface area contributed by atoms with Gasteiger partial charge in [-0.05, 0) is 24.3 Å². The Bertz CT molecular complexity index is 645. The molecule has 102 valence electrons. The Labute approximate surface area is 121 Å². The highest BCUT2D eigenvalue weighted by Crippen LogP contribution is 2.27. The first kappa shape index (κ1) is 12.9. The molecule has 0 unspecified atom stereocenters. The zero-order valence-electron chi connectivity index (χ0n) is 11.0. The zero-order chi connectivity index (χ0) is 13.9. The Morgan fingerprint density at radius 3 is 2.75 bits per heavy atom. The molecule has 0 amide bonds. The van der Waals surface area contributed by atoms with Crippen LogP contribution in [0.2, 0.25) is 5.02 Å². The van der Waals surface area contributed by atoms with Crippen molar-refractivity contribution in [3.05, 3.63) is 47.2 Å². The van der Waals surface area contributed by atoms with E-state index in [0.717, 1.165) is 24.5 Å². The van der Waals surface area contributed by atoms with E-state index in [1.807, 2.05) is 23.1 Å². The van der Waals surface area contributed by atoms with Gasteiger partial charge in [0.15, 0.2) is 0 Å². The summed E-state index contributed by atoms with van der Waals surface area (Å²) in [5.74, 6) is 2.13. The normalized spacial score (nSPS) is 14.3. The molecule has 3 rings (SSSR count). The van der Waals surface area contributed by atoms with E-state index >= 15 is 0 Å². The topological polar surface area (TPSA) is 50.6 Å². The number of benzene rings is 1. The highest BCUT2D eigenvalue weighted by Gasteiger charge is 2.22. The number of halogens is 1. The van der Waals surface area contributed by atoms with E-state index in [0.29, 0.717) is 16.7 Å². The summed E-state index contributed by atoms with van der Waals surface area (Å²) in [6.07, 6.45) is 3.44. The third-order valence-corrected chi connectivity index (χ3v) is 3.34. The molecule has 2 aromatic rings. The van der Waals surface area contributed by atoms with Crippen LogP contribution in [0.25, 0.3) is 0 Å². The standard InChI is InChI=1S/C14H13ClN4O/c1-20-12-4-3-10(9-11(12)15)13-16-7-8-19(13)14-17-5-2-6-18-14/h2-6,9H,7-8H2,1H3. The molecule has 0 aliphatic carbocycles. The van der Waals surface area contributed by atoms with Crippen LogP contribution in [0.15, 0.2) is 41.7 Å². The summed E-state index contributed by atoms with van der Waals surface area (Å²) in [6, 6.07) is 7.41. The average molecular weight is 289 g/mol. The lowest BCUT2D eigenvalue weighted by Gasteiger charge is -2.18. The first-order valence-corrected chi connectivity index (χ1v) is 6.60. The van der Waals surface area contributed by atoms with E-state index in [4.69, 9.17) is 16.3 Å². The molecule has 6 heteroatoms. The van der Waals surface area contributed by atoms with E-state index in [2.05, 4.69) is 15.0 Å². The highest BCUT2D eigenvalue weighted by molar-refractivity contribution is 6.32. The van der Waals surface area contributed by atoms with E-state index < -0.39 is 0 Å². The van der Waals surface area contributed by atoms with E-state index in [9.17, 15) is 0 Å². The quantitative estimate of drug-likeness (QED) is 0.870. The molecule has 0 fully saturated rings. The van der Waals surface area contributed by atoms with Crippen molar-refractivity contribution in [1.29, 1.82) is 0 Å². The summed E-state index contributed by atoms with van der Waals surface area (Å²) in [5, 5.41) is 0.563. The van der Waals surface area contributed by atoms with Crippen molar-refractivity contribution in [3.63, 3.8) is 0 Å². The van der Waals surface area contributed by atoms with Gasteiger partial charge in [-0.1, -0.05) is 11.6 Å². The van der Waals surface area contributed by atoms with Gasteiger partial charge in [0, 0.05) is 24.5 Å². The van der Waals surface area contributed by atoms with Crippen LogP contribution < -0.4 is 9.64 Å². The van der Waals surface area contributed by atoms with Crippen LogP contribution in [0, 0.1) is 0 Å². The summed E-state index contributed by atoms with van der Waals surface area (Å²) in [7, 11) is 1.60. The predicted molar refractivity (Wildman–Crippen MR) is 78.8 cm³/mol. The van der Waals surface area contributed by atoms with Crippen LogP contribution in [0.5, 0.6) is 5.75 Å². The van der Waals surface area contributed by atoms with Gasteiger partial charge in [-0.15, -0.1) is 0 Å². The molecule has 0 spiro atoms. The van der Waals surface area contributed by atoms with Crippen molar-refractivity contribution in [1.82, 2.24) is 9.97 Å². The van der Waals surface area contributed by atoms with Gasteiger partial charge in [-0.2, -0.15) is 0 Å². The minimum absolute atomic E-state index is 0.563. The molecule has 1 aromatic carbocycles. The van der Waals surface area contributed by atoms with E-state index in [1.165, 1.54) is 0 Å². The molecule has 1 aliphatic rings. The van der Waals surface area contributed by atoms with Gasteiger partial charge in [0.2, 0.25) is 5.95 Å². The summed E-state index contributed by atoms with van der Waals surface area (Å²) in [6.45, 7) is 1.49. The van der Waals surface area contributed by atoms with Crippen LogP contribution in [0.4, 0.5) is 5.95 Å². The van der Waals surface area contributed by atoms with E-state index in [1.54, 1.807) is 25.6 Å². The monoisotopic (exact) mass is 288 g/mol. The first-order valence-electron chi connectivity index (χ1n) is 6.22. The number of rotatable bonds is 3. The van der Waals surface area contributed by atoms with Crippen molar-refractivity contribution in [3.8, 4) is 5.75 Å². The SMILES string of the molecule is COc1ccc(C2=NCCN2c2ncccn2)cc1Cl. The number of hydrogen-bond donors (Lipinski definition) is 0. The molecule has 0 radical (unpaired) electrons. The number of nitrogens with zero attached hydrogens (tertiary/aromatic N) is 4. The van der Waals surface area contributed by atoms with E-state index in [-0.39, 0.29) is 0 Å². The van der Waals surface area contributed by atoms with Gasteiger partial charge >= 0.3 is 0 Å². The highest BCUT2D eigenvalue weighted by atomic mass is 35.5. The van der Waals surface area contributed by atoms with Crippen LogP contribution in [0.3, 0.4) is 0 Å². The Hall–Kier alpha value is -2.14. The Balaban J connectivity index is 1.95. The van der Waals surface area contributed by atoms with Gasteiger partial charge in [0.05, 0.1) is 18.7 Å². The number of aliphatic imine (C=N–C) groups is 1. The summed E-state index contributed by atoms with van der Waals surface area (Å²) in [5.41, 5.74) is 0.931. The third kappa shape index (κ3) is 2.32. The second-order valence-corrected chi connectivity index (χ2v) is 4.66. The molecule has 0 atom stereocenters. The summed E-state index contributed by atoms with van der Waals surface area (Å²) < 4.78 is 5.16. The second-order valence-electron chi connectivity index (χ2n) is 4.26. The van der Waals surface area contributed by atoms with Crippen LogP contribution in [-0.4, -0.2) is 36.0 Å². The van der Waals surface area contributed by atoms with Crippen molar-refractivity contribution >= 4 is 23.4 Å². The number of anilines is 1. The minimum Gasteiger partial charge on any atom is -0.495 e. The van der Waals surface area contributed by atoms with Gasteiger partial charge in [0.1, 0.15) is 11.6 Å². The number of methoxy groups -OCH3 is 1. The number of ether oxygens (including phenoxy) is 1. The molecule has 1 aromatic heterocycles. The second kappa shape index (κ2) is 5.46. The summed E-state index contributed by atoms with van der Waals surface area (Å²) >= 11 is 6.17. The fraction of sp³-hybridized carbons (Fsp3) is 0.214. The van der Waals surface area contributed by atoms with Crippen LogP contribution >= 0.6 is 11.6 Å². The van der Waals surface area contributed by atoms with Gasteiger partial charge in [-0.3, -0.25) is 9.89 Å².